The summed E-state index contributed by atoms with van der Waals surface area (Å²) in [6.45, 7) is 6.85. The summed E-state index contributed by atoms with van der Waals surface area (Å²) < 4.78 is 0. The Labute approximate surface area is 100 Å². The van der Waals surface area contributed by atoms with Crippen molar-refractivity contribution in [2.24, 2.45) is 4.99 Å². The molecule has 0 amide bonds. The Morgan fingerprint density at radius 3 is 2.24 bits per heavy atom. The highest BCUT2D eigenvalue weighted by Crippen LogP contribution is 2.18. The second kappa shape index (κ2) is 4.95. The Balaban J connectivity index is 2.14. The lowest BCUT2D eigenvalue weighted by molar-refractivity contribution is 1.53. The van der Waals surface area contributed by atoms with Gasteiger partial charge in [0.2, 0.25) is 0 Å². The van der Waals surface area contributed by atoms with E-state index < -0.39 is 0 Å². The summed E-state index contributed by atoms with van der Waals surface area (Å²) in [5, 5.41) is 0. The van der Waals surface area contributed by atoms with E-state index in [9.17, 15) is 0 Å². The maximum absolute atomic E-state index is 6.85. The van der Waals surface area contributed by atoms with Gasteiger partial charge >= 0.3 is 0 Å². The third-order valence-electron chi connectivity index (χ3n) is 2.28. The Morgan fingerprint density at radius 2 is 1.65 bits per heavy atom. The number of anilines is 1. The Morgan fingerprint density at radius 1 is 1.00 bits per heavy atom. The van der Waals surface area contributed by atoms with Crippen molar-refractivity contribution in [3.63, 3.8) is 0 Å². The summed E-state index contributed by atoms with van der Waals surface area (Å²) in [4.78, 5) is 7.64. The molecule has 0 heterocycles. The van der Waals surface area contributed by atoms with Crippen LogP contribution in [0.15, 0.2) is 53.5 Å². The lowest BCUT2D eigenvalue weighted by Crippen LogP contribution is -1.85. The van der Waals surface area contributed by atoms with Gasteiger partial charge in [-0.1, -0.05) is 24.3 Å². The van der Waals surface area contributed by atoms with Crippen molar-refractivity contribution in [1.82, 2.24) is 0 Å². The van der Waals surface area contributed by atoms with Crippen LogP contribution in [0.2, 0.25) is 0 Å². The number of aliphatic imine (C=N–C) groups is 1. The fourth-order valence-corrected chi connectivity index (χ4v) is 1.34. The van der Waals surface area contributed by atoms with E-state index in [1.165, 1.54) is 0 Å². The molecule has 2 N–H and O–H groups in total. The van der Waals surface area contributed by atoms with Gasteiger partial charge < -0.3 is 5.73 Å². The molecule has 82 valence electrons. The molecule has 0 atom stereocenters. The molecule has 3 nitrogen and oxygen atoms in total. The predicted octanol–water partition coefficient (Wildman–Crippen LogP) is 3.57. The van der Waals surface area contributed by atoms with Crippen molar-refractivity contribution >= 4 is 23.3 Å². The summed E-state index contributed by atoms with van der Waals surface area (Å²) in [6.07, 6.45) is 1.77. The highest BCUT2D eigenvalue weighted by Gasteiger charge is 1.91. The topological polar surface area (TPSA) is 42.7 Å². The van der Waals surface area contributed by atoms with Crippen LogP contribution >= 0.6 is 0 Å². The number of benzene rings is 2. The molecule has 0 aromatic heterocycles. The van der Waals surface area contributed by atoms with E-state index >= 15 is 0 Å². The van der Waals surface area contributed by atoms with Gasteiger partial charge in [-0.2, -0.15) is 0 Å². The van der Waals surface area contributed by atoms with Crippen LogP contribution < -0.4 is 5.73 Å². The van der Waals surface area contributed by atoms with Gasteiger partial charge in [0.05, 0.1) is 12.3 Å². The monoisotopic (exact) mass is 221 g/mol. The summed E-state index contributed by atoms with van der Waals surface area (Å²) >= 11 is 0. The van der Waals surface area contributed by atoms with Crippen LogP contribution in [0.4, 0.5) is 17.1 Å². The molecule has 0 saturated carbocycles. The van der Waals surface area contributed by atoms with Crippen LogP contribution in [0, 0.1) is 6.57 Å². The van der Waals surface area contributed by atoms with Gasteiger partial charge in [0.1, 0.15) is 0 Å². The molecule has 2 aromatic rings. The Bertz CT molecular complexity index is 560. The first kappa shape index (κ1) is 10.9. The zero-order valence-corrected chi connectivity index (χ0v) is 9.17. The van der Waals surface area contributed by atoms with E-state index in [-0.39, 0.29) is 0 Å². The molecule has 0 aliphatic rings. The summed E-state index contributed by atoms with van der Waals surface area (Å²) in [7, 11) is 0. The maximum Gasteiger partial charge on any atom is 0.187 e. The molecule has 0 radical (unpaired) electrons. The van der Waals surface area contributed by atoms with Crippen LogP contribution in [0.25, 0.3) is 4.85 Å². The van der Waals surface area contributed by atoms with Crippen molar-refractivity contribution in [2.45, 2.75) is 0 Å². The second-order valence-corrected chi connectivity index (χ2v) is 3.55. The largest absolute Gasteiger partial charge is 0.399 e. The van der Waals surface area contributed by atoms with Gasteiger partial charge in [0, 0.05) is 11.9 Å². The van der Waals surface area contributed by atoms with Gasteiger partial charge in [0.25, 0.3) is 0 Å². The molecule has 3 heteroatoms. The van der Waals surface area contributed by atoms with E-state index in [0.717, 1.165) is 16.9 Å². The Hall–Kier alpha value is -2.60. The van der Waals surface area contributed by atoms with Crippen LogP contribution in [-0.4, -0.2) is 6.21 Å². The minimum atomic E-state index is 0.622. The SMILES string of the molecule is [C-]#[N+]c1ccc(N=Cc2ccc(N)cc2)cc1. The van der Waals surface area contributed by atoms with Crippen molar-refractivity contribution in [1.29, 1.82) is 0 Å². The Kier molecular flexibility index (Phi) is 3.18. The average Bonchev–Trinajstić information content (AvgIpc) is 2.39. The van der Waals surface area contributed by atoms with Crippen LogP contribution in [0.3, 0.4) is 0 Å². The third kappa shape index (κ3) is 2.93. The highest BCUT2D eigenvalue weighted by atomic mass is 14.7. The van der Waals surface area contributed by atoms with Gasteiger partial charge in [-0.25, -0.2) is 4.85 Å². The number of rotatable bonds is 2. The van der Waals surface area contributed by atoms with Gasteiger partial charge in [-0.3, -0.25) is 4.99 Å². The number of nitrogen functional groups attached to an aromatic ring is 1. The van der Waals surface area contributed by atoms with E-state index in [2.05, 4.69) is 9.84 Å². The molecule has 0 saturated heterocycles. The summed E-state index contributed by atoms with van der Waals surface area (Å²) in [5.41, 5.74) is 8.78. The zero-order chi connectivity index (χ0) is 12.1. The minimum Gasteiger partial charge on any atom is -0.399 e. The molecule has 0 unspecified atom stereocenters. The fraction of sp³-hybridized carbons (Fsp3) is 0. The van der Waals surface area contributed by atoms with Crippen molar-refractivity contribution < 1.29 is 0 Å². The highest BCUT2D eigenvalue weighted by molar-refractivity contribution is 5.82. The fourth-order valence-electron chi connectivity index (χ4n) is 1.34. The molecule has 0 spiro atoms. The van der Waals surface area contributed by atoms with Gasteiger partial charge in [-0.05, 0) is 29.8 Å². The molecule has 2 aromatic carbocycles. The molecule has 0 aliphatic carbocycles. The number of hydrogen-bond acceptors (Lipinski definition) is 2. The molecule has 2 rings (SSSR count). The van der Waals surface area contributed by atoms with E-state index in [1.54, 1.807) is 18.3 Å². The molecular formula is C14H11N3. The number of nitrogens with two attached hydrogens (primary N) is 1. The van der Waals surface area contributed by atoms with E-state index in [4.69, 9.17) is 12.3 Å². The molecule has 0 aliphatic heterocycles. The summed E-state index contributed by atoms with van der Waals surface area (Å²) in [6, 6.07) is 14.6. The first-order valence-electron chi connectivity index (χ1n) is 5.15. The normalized spacial score (nSPS) is 10.3. The van der Waals surface area contributed by atoms with E-state index in [0.29, 0.717) is 5.69 Å². The van der Waals surface area contributed by atoms with Crippen molar-refractivity contribution in [2.75, 3.05) is 5.73 Å². The maximum atomic E-state index is 6.85. The molecule has 0 bridgehead atoms. The van der Waals surface area contributed by atoms with Gasteiger partial charge in [-0.15, -0.1) is 0 Å². The second-order valence-electron chi connectivity index (χ2n) is 3.55. The van der Waals surface area contributed by atoms with Crippen LogP contribution in [0.5, 0.6) is 0 Å². The molecule has 0 fully saturated rings. The van der Waals surface area contributed by atoms with Crippen molar-refractivity contribution in [3.05, 3.63) is 65.5 Å². The predicted molar refractivity (Wildman–Crippen MR) is 70.8 cm³/mol. The van der Waals surface area contributed by atoms with Crippen LogP contribution in [-0.2, 0) is 0 Å². The lowest BCUT2D eigenvalue weighted by atomic mass is 10.2. The van der Waals surface area contributed by atoms with Crippen molar-refractivity contribution in [3.8, 4) is 0 Å². The third-order valence-corrected chi connectivity index (χ3v) is 2.28. The number of nitrogens with zero attached hydrogens (tertiary/aromatic N) is 2. The number of hydrogen-bond donors (Lipinski definition) is 1. The van der Waals surface area contributed by atoms with Gasteiger partial charge in [0.15, 0.2) is 5.69 Å². The smallest absolute Gasteiger partial charge is 0.187 e. The molecular weight excluding hydrogens is 210 g/mol. The van der Waals surface area contributed by atoms with Crippen LogP contribution in [0.1, 0.15) is 5.56 Å². The first-order valence-corrected chi connectivity index (χ1v) is 5.15. The summed E-state index contributed by atoms with van der Waals surface area (Å²) in [5.74, 6) is 0. The quantitative estimate of drug-likeness (QED) is 0.470. The zero-order valence-electron chi connectivity index (χ0n) is 9.17. The minimum absolute atomic E-state index is 0.622. The average molecular weight is 221 g/mol. The molecule has 17 heavy (non-hydrogen) atoms. The lowest BCUT2D eigenvalue weighted by Gasteiger charge is -1.95. The first-order chi connectivity index (χ1) is 8.28. The standard InChI is InChI=1S/C14H11N3/c1-16-13-6-8-14(9-7-13)17-10-11-2-4-12(15)5-3-11/h2-10H,15H2. The van der Waals surface area contributed by atoms with E-state index in [1.807, 2.05) is 36.4 Å².